The first kappa shape index (κ1) is 17.5. The van der Waals surface area contributed by atoms with Crippen molar-refractivity contribution in [1.29, 1.82) is 0 Å². The second-order valence-corrected chi connectivity index (χ2v) is 5.00. The van der Waals surface area contributed by atoms with Gasteiger partial charge in [0.05, 0.1) is 0 Å². The van der Waals surface area contributed by atoms with E-state index in [0.29, 0.717) is 0 Å². The van der Waals surface area contributed by atoms with Crippen molar-refractivity contribution in [3.05, 3.63) is 0 Å². The van der Waals surface area contributed by atoms with Gasteiger partial charge >= 0.3 is 5.97 Å². The van der Waals surface area contributed by atoms with E-state index >= 15 is 0 Å². The van der Waals surface area contributed by atoms with E-state index in [1.54, 1.807) is 20.8 Å². The standard InChI is InChI=1S/C11H19ClN2O5/c1-11(2,3)19-10(18)14-7(9(16)17)4-5-13-8(15)6-12/h7H,4-6H2,1-3H3,(H,13,15)(H,14,18)(H,16,17)/p-1. The van der Waals surface area contributed by atoms with Crippen LogP contribution in [-0.2, 0) is 14.3 Å². The molecule has 110 valence electrons. The number of carbonyl (C=O) groups excluding carboxylic acids is 1. The highest BCUT2D eigenvalue weighted by atomic mass is 35.5. The first-order chi connectivity index (χ1) is 8.65. The van der Waals surface area contributed by atoms with Gasteiger partial charge < -0.3 is 20.3 Å². The van der Waals surface area contributed by atoms with Gasteiger partial charge in [-0.3, -0.25) is 9.79 Å². The van der Waals surface area contributed by atoms with Crippen molar-refractivity contribution in [3.63, 3.8) is 0 Å². The van der Waals surface area contributed by atoms with Crippen molar-refractivity contribution in [2.24, 2.45) is 4.99 Å². The number of rotatable bonds is 6. The first-order valence-electron chi connectivity index (χ1n) is 5.65. The molecule has 7 nitrogen and oxygen atoms in total. The summed E-state index contributed by atoms with van der Waals surface area (Å²) in [5.74, 6) is -1.88. The maximum absolute atomic E-state index is 11.4. The molecule has 0 aliphatic heterocycles. The van der Waals surface area contributed by atoms with Crippen LogP contribution in [0.1, 0.15) is 27.2 Å². The molecule has 8 heteroatoms. The van der Waals surface area contributed by atoms with Crippen LogP contribution in [0.15, 0.2) is 4.99 Å². The minimum absolute atomic E-state index is 0.0167. The number of carboxylic acid groups (broad SMARTS) is 1. The minimum atomic E-state index is -1.26. The van der Waals surface area contributed by atoms with Gasteiger partial charge in [0.2, 0.25) is 5.91 Å². The Kier molecular flexibility index (Phi) is 7.21. The first-order valence-corrected chi connectivity index (χ1v) is 6.18. The number of nitrogens with zero attached hydrogens (tertiary/aromatic N) is 1. The highest BCUT2D eigenvalue weighted by Gasteiger charge is 2.16. The lowest BCUT2D eigenvalue weighted by molar-refractivity contribution is -0.261. The van der Waals surface area contributed by atoms with Gasteiger partial charge in [-0.05, 0) is 6.42 Å². The summed E-state index contributed by atoms with van der Waals surface area (Å²) >= 11 is 5.26. The van der Waals surface area contributed by atoms with Gasteiger partial charge in [-0.2, -0.15) is 0 Å². The van der Waals surface area contributed by atoms with Crippen molar-refractivity contribution < 1.29 is 24.5 Å². The number of nitrogens with one attached hydrogen (secondary N) is 1. The van der Waals surface area contributed by atoms with Gasteiger partial charge in [0, 0.05) is 12.1 Å². The molecule has 0 bridgehead atoms. The minimum Gasteiger partial charge on any atom is -0.595 e. The van der Waals surface area contributed by atoms with Crippen LogP contribution in [0, 0.1) is 0 Å². The van der Waals surface area contributed by atoms with Crippen LogP contribution in [0.25, 0.3) is 0 Å². The van der Waals surface area contributed by atoms with Crippen molar-refractivity contribution in [1.82, 2.24) is 5.32 Å². The van der Waals surface area contributed by atoms with Crippen molar-refractivity contribution in [2.45, 2.75) is 38.8 Å². The molecule has 1 atom stereocenters. The average molecular weight is 294 g/mol. The van der Waals surface area contributed by atoms with E-state index < -0.39 is 29.6 Å². The summed E-state index contributed by atoms with van der Waals surface area (Å²) in [5, 5.41) is 22.7. The van der Waals surface area contributed by atoms with E-state index in [0.717, 1.165) is 0 Å². The third-order valence-electron chi connectivity index (χ3n) is 1.80. The summed E-state index contributed by atoms with van der Waals surface area (Å²) in [6.45, 7) is 5.01. The Morgan fingerprint density at radius 1 is 1.47 bits per heavy atom. The molecule has 0 aromatic rings. The SMILES string of the molecule is CC(C)(C)OC([O-])=NC(CCNC(=O)CCl)C(=O)O. The molecule has 0 heterocycles. The van der Waals surface area contributed by atoms with Crippen molar-refractivity contribution >= 4 is 29.6 Å². The number of alkyl halides is 1. The summed E-state index contributed by atoms with van der Waals surface area (Å²) in [7, 11) is 0. The highest BCUT2D eigenvalue weighted by molar-refractivity contribution is 6.27. The topological polar surface area (TPSA) is 111 Å². The van der Waals surface area contributed by atoms with Crippen molar-refractivity contribution in [2.75, 3.05) is 12.4 Å². The molecule has 1 unspecified atom stereocenters. The normalized spacial score (nSPS) is 13.8. The molecule has 0 fully saturated rings. The van der Waals surface area contributed by atoms with Crippen LogP contribution in [0.4, 0.5) is 0 Å². The van der Waals surface area contributed by atoms with E-state index in [4.69, 9.17) is 21.4 Å². The van der Waals surface area contributed by atoms with Crippen LogP contribution in [0.3, 0.4) is 0 Å². The number of amides is 1. The van der Waals surface area contributed by atoms with Gasteiger partial charge in [-0.1, -0.05) is 20.8 Å². The molecule has 0 aromatic heterocycles. The molecule has 19 heavy (non-hydrogen) atoms. The Morgan fingerprint density at radius 2 is 2.05 bits per heavy atom. The molecule has 0 saturated carbocycles. The number of carboxylic acids is 1. The summed E-state index contributed by atoms with van der Waals surface area (Å²) in [6, 6.07) is -1.26. The highest BCUT2D eigenvalue weighted by Crippen LogP contribution is 2.07. The van der Waals surface area contributed by atoms with Crippen LogP contribution < -0.4 is 10.4 Å². The molecule has 0 aliphatic carbocycles. The molecule has 0 spiro atoms. The van der Waals surface area contributed by atoms with Gasteiger partial charge in [-0.15, -0.1) is 11.6 Å². The fraction of sp³-hybridized carbons (Fsp3) is 0.727. The second-order valence-electron chi connectivity index (χ2n) is 4.74. The molecular formula is C11H18ClN2O5-. The number of hydrogen-bond donors (Lipinski definition) is 2. The Morgan fingerprint density at radius 3 is 2.47 bits per heavy atom. The molecule has 0 saturated heterocycles. The lowest BCUT2D eigenvalue weighted by Gasteiger charge is -2.30. The van der Waals surface area contributed by atoms with Gasteiger partial charge in [0.15, 0.2) is 6.04 Å². The number of hydrogen-bond acceptors (Lipinski definition) is 5. The number of aliphatic imine (C=N–C) groups is 1. The van der Waals surface area contributed by atoms with Gasteiger partial charge in [-0.25, -0.2) is 4.79 Å². The molecule has 0 rings (SSSR count). The van der Waals surface area contributed by atoms with E-state index in [1.165, 1.54) is 0 Å². The number of carbonyl (C=O) groups is 2. The quantitative estimate of drug-likeness (QED) is 0.397. The van der Waals surface area contributed by atoms with E-state index in [-0.39, 0.29) is 18.8 Å². The lowest BCUT2D eigenvalue weighted by atomic mass is 10.2. The molecule has 2 N–H and O–H groups in total. The summed E-state index contributed by atoms with van der Waals surface area (Å²) in [6.07, 6.45) is -0.958. The van der Waals surface area contributed by atoms with E-state index in [9.17, 15) is 14.7 Å². The molecule has 0 radical (unpaired) electrons. The van der Waals surface area contributed by atoms with E-state index in [1.807, 2.05) is 0 Å². The van der Waals surface area contributed by atoms with Crippen LogP contribution in [-0.4, -0.2) is 47.1 Å². The molecular weight excluding hydrogens is 276 g/mol. The Hall–Kier alpha value is -1.50. The monoisotopic (exact) mass is 293 g/mol. The zero-order valence-electron chi connectivity index (χ0n) is 11.1. The Bertz CT molecular complexity index is 351. The number of ether oxygens (including phenoxy) is 1. The molecule has 0 aromatic carbocycles. The maximum atomic E-state index is 11.4. The van der Waals surface area contributed by atoms with Gasteiger partial charge in [0.1, 0.15) is 12.0 Å². The van der Waals surface area contributed by atoms with Gasteiger partial charge in [0.25, 0.3) is 0 Å². The second kappa shape index (κ2) is 7.83. The predicted octanol–water partition coefficient (Wildman–Crippen LogP) is -0.284. The fourth-order valence-electron chi connectivity index (χ4n) is 1.05. The summed E-state index contributed by atoms with van der Waals surface area (Å²) in [5.41, 5.74) is -0.740. The average Bonchev–Trinajstić information content (AvgIpc) is 2.24. The summed E-state index contributed by atoms with van der Waals surface area (Å²) < 4.78 is 4.89. The third-order valence-corrected chi connectivity index (χ3v) is 2.04. The maximum Gasteiger partial charge on any atom is 0.328 e. The lowest BCUT2D eigenvalue weighted by Crippen LogP contribution is -2.35. The third kappa shape index (κ3) is 9.12. The van der Waals surface area contributed by atoms with Crippen LogP contribution in [0.5, 0.6) is 0 Å². The number of halogens is 1. The molecule has 0 aliphatic rings. The fourth-order valence-corrected chi connectivity index (χ4v) is 1.15. The summed E-state index contributed by atoms with van der Waals surface area (Å²) in [4.78, 5) is 25.2. The number of aliphatic carboxylic acids is 1. The van der Waals surface area contributed by atoms with Crippen molar-refractivity contribution in [3.8, 4) is 0 Å². The van der Waals surface area contributed by atoms with Crippen LogP contribution >= 0.6 is 11.6 Å². The smallest absolute Gasteiger partial charge is 0.328 e. The predicted molar refractivity (Wildman–Crippen MR) is 68.0 cm³/mol. The largest absolute Gasteiger partial charge is 0.595 e. The van der Waals surface area contributed by atoms with Crippen LogP contribution in [0.2, 0.25) is 0 Å². The zero-order chi connectivity index (χ0) is 15.1. The molecule has 1 amide bonds. The Labute approximate surface area is 116 Å². The zero-order valence-corrected chi connectivity index (χ0v) is 11.9. The van der Waals surface area contributed by atoms with E-state index in [2.05, 4.69) is 10.3 Å². The Balaban J connectivity index is 4.45.